The van der Waals surface area contributed by atoms with Gasteiger partial charge < -0.3 is 20.5 Å². The van der Waals surface area contributed by atoms with E-state index in [4.69, 9.17) is 4.74 Å². The summed E-state index contributed by atoms with van der Waals surface area (Å²) >= 11 is 0. The molecular formula is C14H26N2O4. The Morgan fingerprint density at radius 1 is 1.40 bits per heavy atom. The highest BCUT2D eigenvalue weighted by molar-refractivity contribution is 5.80. The quantitative estimate of drug-likeness (QED) is 0.607. The van der Waals surface area contributed by atoms with Crippen molar-refractivity contribution in [1.29, 1.82) is 0 Å². The lowest BCUT2D eigenvalue weighted by Crippen LogP contribution is -2.50. The smallest absolute Gasteiger partial charge is 0.308 e. The molecule has 1 aliphatic rings. The Morgan fingerprint density at radius 3 is 2.50 bits per heavy atom. The molecule has 1 fully saturated rings. The van der Waals surface area contributed by atoms with Gasteiger partial charge in [-0.15, -0.1) is 0 Å². The van der Waals surface area contributed by atoms with Crippen LogP contribution in [-0.4, -0.2) is 48.8 Å². The minimum atomic E-state index is -0.842. The SMILES string of the molecule is CCOC(=O)C1CCC(O)(CNC(C)C(=O)NC)CC1. The number of aliphatic hydroxyl groups is 1. The normalized spacial score (nSPS) is 27.7. The van der Waals surface area contributed by atoms with Gasteiger partial charge in [0, 0.05) is 13.6 Å². The van der Waals surface area contributed by atoms with Gasteiger partial charge in [0.1, 0.15) is 0 Å². The molecule has 0 aromatic heterocycles. The summed E-state index contributed by atoms with van der Waals surface area (Å²) in [5, 5.41) is 16.0. The van der Waals surface area contributed by atoms with E-state index in [0.29, 0.717) is 38.8 Å². The van der Waals surface area contributed by atoms with Crippen molar-refractivity contribution >= 4 is 11.9 Å². The van der Waals surface area contributed by atoms with Gasteiger partial charge in [0.2, 0.25) is 5.91 Å². The fourth-order valence-corrected chi connectivity index (χ4v) is 2.48. The Kier molecular flexibility index (Phi) is 6.42. The van der Waals surface area contributed by atoms with Crippen molar-refractivity contribution in [2.24, 2.45) is 5.92 Å². The van der Waals surface area contributed by atoms with Gasteiger partial charge in [-0.2, -0.15) is 0 Å². The minimum absolute atomic E-state index is 0.103. The lowest BCUT2D eigenvalue weighted by atomic mass is 9.78. The van der Waals surface area contributed by atoms with Crippen molar-refractivity contribution in [2.75, 3.05) is 20.2 Å². The fourth-order valence-electron chi connectivity index (χ4n) is 2.48. The zero-order valence-corrected chi connectivity index (χ0v) is 12.6. The van der Waals surface area contributed by atoms with Crippen LogP contribution in [0.3, 0.4) is 0 Å². The first-order valence-electron chi connectivity index (χ1n) is 7.26. The number of hydrogen-bond acceptors (Lipinski definition) is 5. The number of likely N-dealkylation sites (N-methyl/N-ethyl adjacent to an activating group) is 1. The third kappa shape index (κ3) is 4.76. The molecule has 20 heavy (non-hydrogen) atoms. The fraction of sp³-hybridized carbons (Fsp3) is 0.857. The number of carbonyl (C=O) groups is 2. The monoisotopic (exact) mass is 286 g/mol. The van der Waals surface area contributed by atoms with Crippen LogP contribution in [0, 0.1) is 5.92 Å². The molecule has 0 aromatic rings. The molecule has 116 valence electrons. The summed E-state index contributed by atoms with van der Waals surface area (Å²) in [6.45, 7) is 4.30. The molecule has 1 aliphatic carbocycles. The molecule has 6 nitrogen and oxygen atoms in total. The van der Waals surface area contributed by atoms with E-state index in [2.05, 4.69) is 10.6 Å². The second-order valence-corrected chi connectivity index (χ2v) is 5.47. The van der Waals surface area contributed by atoms with Gasteiger partial charge in [0.25, 0.3) is 0 Å². The van der Waals surface area contributed by atoms with Gasteiger partial charge in [-0.3, -0.25) is 9.59 Å². The van der Waals surface area contributed by atoms with E-state index in [9.17, 15) is 14.7 Å². The molecule has 0 aromatic carbocycles. The predicted molar refractivity (Wildman–Crippen MR) is 75.1 cm³/mol. The van der Waals surface area contributed by atoms with E-state index in [1.807, 2.05) is 0 Å². The molecular weight excluding hydrogens is 260 g/mol. The Bertz CT molecular complexity index is 338. The summed E-state index contributed by atoms with van der Waals surface area (Å²) in [7, 11) is 1.58. The number of esters is 1. The third-order valence-corrected chi connectivity index (χ3v) is 3.91. The molecule has 0 radical (unpaired) electrons. The third-order valence-electron chi connectivity index (χ3n) is 3.91. The average molecular weight is 286 g/mol. The van der Waals surface area contributed by atoms with Crippen LogP contribution >= 0.6 is 0 Å². The summed E-state index contributed by atoms with van der Waals surface area (Å²) in [6, 6.07) is -0.341. The van der Waals surface area contributed by atoms with E-state index in [1.165, 1.54) is 0 Å². The van der Waals surface area contributed by atoms with Gasteiger partial charge in [-0.25, -0.2) is 0 Å². The van der Waals surface area contributed by atoms with Crippen molar-refractivity contribution in [3.05, 3.63) is 0 Å². The van der Waals surface area contributed by atoms with Gasteiger partial charge >= 0.3 is 5.97 Å². The van der Waals surface area contributed by atoms with E-state index in [-0.39, 0.29) is 23.8 Å². The van der Waals surface area contributed by atoms with Crippen molar-refractivity contribution in [1.82, 2.24) is 10.6 Å². The zero-order chi connectivity index (χ0) is 15.2. The molecule has 1 saturated carbocycles. The van der Waals surface area contributed by atoms with Crippen LogP contribution in [-0.2, 0) is 14.3 Å². The number of hydrogen-bond donors (Lipinski definition) is 3. The van der Waals surface area contributed by atoms with Crippen LogP contribution in [0.15, 0.2) is 0 Å². The molecule has 0 spiro atoms. The summed E-state index contributed by atoms with van der Waals surface area (Å²) in [6.07, 6.45) is 2.35. The van der Waals surface area contributed by atoms with Gasteiger partial charge in [0.05, 0.1) is 24.2 Å². The molecule has 3 N–H and O–H groups in total. The van der Waals surface area contributed by atoms with E-state index < -0.39 is 5.60 Å². The van der Waals surface area contributed by atoms with E-state index in [0.717, 1.165) is 0 Å². The van der Waals surface area contributed by atoms with Crippen LogP contribution < -0.4 is 10.6 Å². The summed E-state index contributed by atoms with van der Waals surface area (Å²) in [5.74, 6) is -0.373. The van der Waals surface area contributed by atoms with Crippen LogP contribution in [0.1, 0.15) is 39.5 Å². The lowest BCUT2D eigenvalue weighted by molar-refractivity contribution is -0.151. The van der Waals surface area contributed by atoms with Crippen LogP contribution in [0.2, 0.25) is 0 Å². The molecule has 6 heteroatoms. The van der Waals surface area contributed by atoms with Crippen LogP contribution in [0.25, 0.3) is 0 Å². The molecule has 0 bridgehead atoms. The molecule has 1 atom stereocenters. The Morgan fingerprint density at radius 2 is 2.00 bits per heavy atom. The van der Waals surface area contributed by atoms with E-state index in [1.54, 1.807) is 20.9 Å². The lowest BCUT2D eigenvalue weighted by Gasteiger charge is -2.36. The maximum atomic E-state index is 11.6. The van der Waals surface area contributed by atoms with Gasteiger partial charge in [-0.05, 0) is 39.5 Å². The maximum absolute atomic E-state index is 11.6. The van der Waals surface area contributed by atoms with E-state index >= 15 is 0 Å². The van der Waals surface area contributed by atoms with Crippen molar-refractivity contribution in [3.8, 4) is 0 Å². The first kappa shape index (κ1) is 16.9. The molecule has 1 unspecified atom stereocenters. The highest BCUT2D eigenvalue weighted by Gasteiger charge is 2.36. The topological polar surface area (TPSA) is 87.7 Å². The number of carbonyl (C=O) groups excluding carboxylic acids is 2. The molecule has 0 saturated heterocycles. The standard InChI is InChI=1S/C14H26N2O4/c1-4-20-13(18)11-5-7-14(19,8-6-11)9-16-10(2)12(17)15-3/h10-11,16,19H,4-9H2,1-3H3,(H,15,17). The average Bonchev–Trinajstić information content (AvgIpc) is 2.45. The number of rotatable bonds is 6. The molecule has 1 rings (SSSR count). The minimum Gasteiger partial charge on any atom is -0.466 e. The number of ether oxygens (including phenoxy) is 1. The highest BCUT2D eigenvalue weighted by atomic mass is 16.5. The Hall–Kier alpha value is -1.14. The van der Waals surface area contributed by atoms with Crippen molar-refractivity contribution < 1.29 is 19.4 Å². The second-order valence-electron chi connectivity index (χ2n) is 5.47. The molecule has 0 aliphatic heterocycles. The second kappa shape index (κ2) is 7.59. The molecule has 1 amide bonds. The molecule has 0 heterocycles. The van der Waals surface area contributed by atoms with Crippen LogP contribution in [0.5, 0.6) is 0 Å². The van der Waals surface area contributed by atoms with Gasteiger partial charge in [-0.1, -0.05) is 0 Å². The summed E-state index contributed by atoms with van der Waals surface area (Å²) in [5.41, 5.74) is -0.842. The van der Waals surface area contributed by atoms with Gasteiger partial charge in [0.15, 0.2) is 0 Å². The highest BCUT2D eigenvalue weighted by Crippen LogP contribution is 2.32. The summed E-state index contributed by atoms with van der Waals surface area (Å²) in [4.78, 5) is 23.0. The maximum Gasteiger partial charge on any atom is 0.308 e. The largest absolute Gasteiger partial charge is 0.466 e. The number of amides is 1. The first-order valence-corrected chi connectivity index (χ1v) is 7.26. The van der Waals surface area contributed by atoms with Crippen molar-refractivity contribution in [2.45, 2.75) is 51.2 Å². The summed E-state index contributed by atoms with van der Waals surface area (Å²) < 4.78 is 5.00. The Labute approximate surface area is 120 Å². The first-order chi connectivity index (χ1) is 9.41. The van der Waals surface area contributed by atoms with Crippen LogP contribution in [0.4, 0.5) is 0 Å². The Balaban J connectivity index is 2.38. The van der Waals surface area contributed by atoms with Crippen molar-refractivity contribution in [3.63, 3.8) is 0 Å². The zero-order valence-electron chi connectivity index (χ0n) is 12.6. The predicted octanol–water partition coefficient (Wildman–Crippen LogP) is 0.195. The number of nitrogens with one attached hydrogen (secondary N) is 2.